The minimum absolute atomic E-state index is 0.200. The maximum atomic E-state index is 12.6. The predicted octanol–water partition coefficient (Wildman–Crippen LogP) is 2.85. The summed E-state index contributed by atoms with van der Waals surface area (Å²) in [7, 11) is -3.50. The van der Waals surface area contributed by atoms with Crippen LogP contribution in [0.5, 0.6) is 0 Å². The number of hydrogen-bond donors (Lipinski definition) is 1. The van der Waals surface area contributed by atoms with Gasteiger partial charge in [0.25, 0.3) is 0 Å². The Balaban J connectivity index is 1.47. The third-order valence-electron chi connectivity index (χ3n) is 4.82. The molecule has 3 rings (SSSR count). The van der Waals surface area contributed by atoms with Crippen molar-refractivity contribution in [2.45, 2.75) is 24.7 Å². The van der Waals surface area contributed by atoms with Crippen molar-refractivity contribution in [3.63, 3.8) is 0 Å². The molecule has 1 aliphatic heterocycles. The Hall–Kier alpha value is -2.81. The molecule has 0 saturated carbocycles. The molecule has 2 aromatic rings. The molecule has 1 heterocycles. The van der Waals surface area contributed by atoms with Crippen molar-refractivity contribution in [1.29, 1.82) is 0 Å². The van der Waals surface area contributed by atoms with E-state index in [0.29, 0.717) is 32.7 Å². The maximum absolute atomic E-state index is 12.6. The van der Waals surface area contributed by atoms with Gasteiger partial charge >= 0.3 is 0 Å². The standard InChI is InChI=1S/C23H27N3O4S/c1-19(17-21-5-3-2-4-6-21)18-24-25-23(27)12-9-20-7-10-22(11-8-20)31(28,29)26-13-15-30-16-14-26/h2-8,10-11,17-18H,9,12-16H2,1H3,(H,25,27)/b19-17+,24-18-. The third-order valence-corrected chi connectivity index (χ3v) is 6.74. The van der Waals surface area contributed by atoms with Gasteiger partial charge in [-0.2, -0.15) is 9.41 Å². The van der Waals surface area contributed by atoms with Gasteiger partial charge in [-0.25, -0.2) is 13.8 Å². The van der Waals surface area contributed by atoms with Crippen molar-refractivity contribution < 1.29 is 17.9 Å². The van der Waals surface area contributed by atoms with Crippen LogP contribution in [0.1, 0.15) is 24.5 Å². The summed E-state index contributed by atoms with van der Waals surface area (Å²) in [6.45, 7) is 3.47. The van der Waals surface area contributed by atoms with E-state index in [4.69, 9.17) is 4.74 Å². The number of carbonyl (C=O) groups excluding carboxylic acids is 1. The number of benzene rings is 2. The highest BCUT2D eigenvalue weighted by Crippen LogP contribution is 2.18. The number of aryl methyl sites for hydroxylation is 1. The lowest BCUT2D eigenvalue weighted by Gasteiger charge is -2.26. The maximum Gasteiger partial charge on any atom is 0.243 e. The molecule has 1 aliphatic rings. The molecular weight excluding hydrogens is 414 g/mol. The van der Waals surface area contributed by atoms with Gasteiger partial charge in [0, 0.05) is 19.5 Å². The lowest BCUT2D eigenvalue weighted by molar-refractivity contribution is -0.121. The number of carbonyl (C=O) groups is 1. The number of rotatable bonds is 8. The normalized spacial score (nSPS) is 15.8. The van der Waals surface area contributed by atoms with Crippen molar-refractivity contribution in [3.05, 3.63) is 71.3 Å². The van der Waals surface area contributed by atoms with Crippen LogP contribution in [0.2, 0.25) is 0 Å². The summed E-state index contributed by atoms with van der Waals surface area (Å²) in [5.41, 5.74) is 5.40. The molecule has 0 bridgehead atoms. The van der Waals surface area contributed by atoms with Gasteiger partial charge in [0.1, 0.15) is 0 Å². The second-order valence-corrected chi connectivity index (χ2v) is 9.19. The fraction of sp³-hybridized carbons (Fsp3) is 0.304. The summed E-state index contributed by atoms with van der Waals surface area (Å²) in [6, 6.07) is 16.5. The van der Waals surface area contributed by atoms with Gasteiger partial charge in [-0.05, 0) is 42.2 Å². The van der Waals surface area contributed by atoms with Crippen LogP contribution in [0.25, 0.3) is 6.08 Å². The fourth-order valence-corrected chi connectivity index (χ4v) is 4.54. The van der Waals surface area contributed by atoms with Crippen LogP contribution in [0.4, 0.5) is 0 Å². The summed E-state index contributed by atoms with van der Waals surface area (Å²) < 4.78 is 31.9. The van der Waals surface area contributed by atoms with E-state index in [1.165, 1.54) is 4.31 Å². The van der Waals surface area contributed by atoms with Gasteiger partial charge in [0.2, 0.25) is 15.9 Å². The molecule has 7 nitrogen and oxygen atoms in total. The molecule has 1 amide bonds. The molecule has 0 unspecified atom stereocenters. The van der Waals surface area contributed by atoms with Crippen LogP contribution in [-0.4, -0.2) is 51.1 Å². The van der Waals surface area contributed by atoms with Crippen molar-refractivity contribution >= 4 is 28.2 Å². The molecule has 8 heteroatoms. The van der Waals surface area contributed by atoms with E-state index in [-0.39, 0.29) is 17.2 Å². The molecule has 31 heavy (non-hydrogen) atoms. The second kappa shape index (κ2) is 11.0. The number of nitrogens with one attached hydrogen (secondary N) is 1. The number of nitrogens with zero attached hydrogens (tertiary/aromatic N) is 2. The molecule has 0 aliphatic carbocycles. The van der Waals surface area contributed by atoms with Gasteiger partial charge < -0.3 is 4.74 Å². The largest absolute Gasteiger partial charge is 0.379 e. The highest BCUT2D eigenvalue weighted by Gasteiger charge is 2.26. The van der Waals surface area contributed by atoms with Crippen LogP contribution < -0.4 is 5.43 Å². The van der Waals surface area contributed by atoms with Crippen molar-refractivity contribution in [2.75, 3.05) is 26.3 Å². The zero-order valence-corrected chi connectivity index (χ0v) is 18.3. The van der Waals surface area contributed by atoms with Crippen molar-refractivity contribution in [3.8, 4) is 0 Å². The zero-order chi connectivity index (χ0) is 22.1. The third kappa shape index (κ3) is 6.85. The van der Waals surface area contributed by atoms with Crippen LogP contribution in [0.3, 0.4) is 0 Å². The highest BCUT2D eigenvalue weighted by atomic mass is 32.2. The van der Waals surface area contributed by atoms with E-state index >= 15 is 0 Å². The first-order chi connectivity index (χ1) is 14.9. The average molecular weight is 442 g/mol. The van der Waals surface area contributed by atoms with Crippen molar-refractivity contribution in [1.82, 2.24) is 9.73 Å². The van der Waals surface area contributed by atoms with Crippen LogP contribution >= 0.6 is 0 Å². The van der Waals surface area contributed by atoms with Gasteiger partial charge in [-0.1, -0.05) is 48.5 Å². The molecule has 0 atom stereocenters. The monoisotopic (exact) mass is 441 g/mol. The summed E-state index contributed by atoms with van der Waals surface area (Å²) >= 11 is 0. The van der Waals surface area contributed by atoms with Crippen LogP contribution in [0.15, 0.2) is 70.2 Å². The Morgan fingerprint density at radius 1 is 1.10 bits per heavy atom. The van der Waals surface area contributed by atoms with E-state index < -0.39 is 10.0 Å². The molecule has 1 saturated heterocycles. The molecule has 0 aromatic heterocycles. The first kappa shape index (κ1) is 22.9. The molecule has 0 spiro atoms. The first-order valence-corrected chi connectivity index (χ1v) is 11.6. The van der Waals surface area contributed by atoms with E-state index in [1.807, 2.05) is 43.3 Å². The number of amides is 1. The van der Waals surface area contributed by atoms with Crippen molar-refractivity contribution in [2.24, 2.45) is 5.10 Å². The van der Waals surface area contributed by atoms with E-state index in [2.05, 4.69) is 10.5 Å². The SMILES string of the molecule is CC(/C=N\NC(=O)CCc1ccc(S(=O)(=O)N2CCOCC2)cc1)=C\c1ccccc1. The number of morpholine rings is 1. The Bertz CT molecular complexity index is 1030. The molecule has 2 aromatic carbocycles. The van der Waals surface area contributed by atoms with E-state index in [0.717, 1.165) is 16.7 Å². The highest BCUT2D eigenvalue weighted by molar-refractivity contribution is 7.89. The van der Waals surface area contributed by atoms with Gasteiger partial charge in [-0.3, -0.25) is 4.79 Å². The average Bonchev–Trinajstić information content (AvgIpc) is 2.79. The summed E-state index contributed by atoms with van der Waals surface area (Å²) in [4.78, 5) is 12.3. The van der Waals surface area contributed by atoms with Crippen LogP contribution in [-0.2, 0) is 26.0 Å². The topological polar surface area (TPSA) is 88.1 Å². The lowest BCUT2D eigenvalue weighted by Crippen LogP contribution is -2.40. The zero-order valence-electron chi connectivity index (χ0n) is 17.5. The summed E-state index contributed by atoms with van der Waals surface area (Å²) in [6.07, 6.45) is 4.34. The smallest absolute Gasteiger partial charge is 0.243 e. The first-order valence-electron chi connectivity index (χ1n) is 10.2. The minimum atomic E-state index is -3.50. The molecule has 0 radical (unpaired) electrons. The van der Waals surface area contributed by atoms with Gasteiger partial charge in [-0.15, -0.1) is 0 Å². The summed E-state index contributed by atoms with van der Waals surface area (Å²) in [5, 5.41) is 3.99. The molecule has 1 N–H and O–H groups in total. The molecule has 1 fully saturated rings. The van der Waals surface area contributed by atoms with Crippen LogP contribution in [0, 0.1) is 0 Å². The van der Waals surface area contributed by atoms with E-state index in [9.17, 15) is 13.2 Å². The minimum Gasteiger partial charge on any atom is -0.379 e. The predicted molar refractivity (Wildman–Crippen MR) is 121 cm³/mol. The fourth-order valence-electron chi connectivity index (χ4n) is 3.13. The Morgan fingerprint density at radius 2 is 1.77 bits per heavy atom. The number of ether oxygens (including phenoxy) is 1. The second-order valence-electron chi connectivity index (χ2n) is 7.25. The number of hydrogen-bond acceptors (Lipinski definition) is 5. The Labute approximate surface area is 183 Å². The molecule has 164 valence electrons. The molecular formula is C23H27N3O4S. The Kier molecular flexibility index (Phi) is 8.11. The lowest BCUT2D eigenvalue weighted by atomic mass is 10.1. The summed E-state index contributed by atoms with van der Waals surface area (Å²) in [5.74, 6) is -0.200. The number of hydrazone groups is 1. The van der Waals surface area contributed by atoms with Gasteiger partial charge in [0.05, 0.1) is 24.3 Å². The quantitative estimate of drug-likeness (QED) is 0.504. The number of sulfonamides is 1. The number of allylic oxidation sites excluding steroid dienone is 1. The van der Waals surface area contributed by atoms with Gasteiger partial charge in [0.15, 0.2) is 0 Å². The Morgan fingerprint density at radius 3 is 2.45 bits per heavy atom. The van der Waals surface area contributed by atoms with E-state index in [1.54, 1.807) is 30.5 Å².